The summed E-state index contributed by atoms with van der Waals surface area (Å²) >= 11 is 0. The van der Waals surface area contributed by atoms with Gasteiger partial charge in [0, 0.05) is 39.0 Å². The van der Waals surface area contributed by atoms with Crippen molar-refractivity contribution in [1.29, 1.82) is 0 Å². The maximum absolute atomic E-state index is 13.4. The normalized spacial score (nSPS) is 16.0. The summed E-state index contributed by atoms with van der Waals surface area (Å²) in [7, 11) is 3.27. The molecule has 0 unspecified atom stereocenters. The molecule has 162 valence electrons. The summed E-state index contributed by atoms with van der Waals surface area (Å²) in [5.74, 6) is -3.56. The number of carboxylic acids is 1. The van der Waals surface area contributed by atoms with E-state index in [9.17, 15) is 27.9 Å². The minimum atomic E-state index is -5.18. The molecule has 0 bridgehead atoms. The molecule has 0 spiro atoms. The number of hydrogen-bond acceptors (Lipinski definition) is 5. The first-order valence-electron chi connectivity index (χ1n) is 9.09. The number of likely N-dealkylation sites (N-methyl/N-ethyl adjacent to an activating group) is 1. The molecule has 0 saturated carbocycles. The standard InChI is InChI=1S/C19H26F3N3O4/c1-18(2,12-29-4)25(17(28)19(20,21)22)15-11-13(5-6-14(15)16(26)27)24-9-7-23(3)8-10-24/h5-6,11H,7-10,12H2,1-4H3,(H,26,27). The number of piperazine rings is 1. The zero-order valence-corrected chi connectivity index (χ0v) is 16.9. The second kappa shape index (κ2) is 8.58. The van der Waals surface area contributed by atoms with Gasteiger partial charge in [0.1, 0.15) is 0 Å². The predicted molar refractivity (Wildman–Crippen MR) is 103 cm³/mol. The number of carboxylic acid groups (broad SMARTS) is 1. The molecule has 1 aromatic rings. The number of carbonyl (C=O) groups excluding carboxylic acids is 1. The molecule has 1 N–H and O–H groups in total. The Morgan fingerprint density at radius 1 is 1.17 bits per heavy atom. The Bertz CT molecular complexity index is 760. The summed E-state index contributed by atoms with van der Waals surface area (Å²) in [6, 6.07) is 4.14. The van der Waals surface area contributed by atoms with Crippen molar-refractivity contribution in [2.24, 2.45) is 0 Å². The van der Waals surface area contributed by atoms with Gasteiger partial charge in [0.15, 0.2) is 0 Å². The molecule has 10 heteroatoms. The molecule has 7 nitrogen and oxygen atoms in total. The SMILES string of the molecule is COCC(C)(C)N(C(=O)C(F)(F)F)c1cc(N2CCN(C)CC2)ccc1C(=O)O. The highest BCUT2D eigenvalue weighted by Crippen LogP contribution is 2.35. The van der Waals surface area contributed by atoms with Crippen molar-refractivity contribution >= 4 is 23.3 Å². The van der Waals surface area contributed by atoms with Gasteiger partial charge in [0.05, 0.1) is 23.4 Å². The second-order valence-electron chi connectivity index (χ2n) is 7.68. The average Bonchev–Trinajstić information content (AvgIpc) is 2.61. The van der Waals surface area contributed by atoms with Gasteiger partial charge >= 0.3 is 18.1 Å². The van der Waals surface area contributed by atoms with E-state index in [1.807, 2.05) is 11.9 Å². The number of amides is 1. The van der Waals surface area contributed by atoms with Crippen molar-refractivity contribution in [2.45, 2.75) is 25.6 Å². The Kier molecular flexibility index (Phi) is 6.79. The van der Waals surface area contributed by atoms with Crippen molar-refractivity contribution < 1.29 is 32.6 Å². The van der Waals surface area contributed by atoms with Gasteiger partial charge in [-0.1, -0.05) is 0 Å². The number of hydrogen-bond donors (Lipinski definition) is 1. The number of rotatable bonds is 6. The first kappa shape index (κ1) is 23.0. The van der Waals surface area contributed by atoms with Crippen LogP contribution in [0.3, 0.4) is 0 Å². The number of ether oxygens (including phenoxy) is 1. The van der Waals surface area contributed by atoms with Crippen LogP contribution in [0, 0.1) is 0 Å². The molecular formula is C19H26F3N3O4. The number of alkyl halides is 3. The maximum atomic E-state index is 13.4. The van der Waals surface area contributed by atoms with Crippen LogP contribution in [-0.4, -0.2) is 80.5 Å². The molecule has 1 heterocycles. The number of halogens is 3. The molecule has 1 aliphatic rings. The molecule has 2 rings (SSSR count). The molecule has 0 aromatic heterocycles. The van der Waals surface area contributed by atoms with Crippen LogP contribution in [0.2, 0.25) is 0 Å². The van der Waals surface area contributed by atoms with Crippen molar-refractivity contribution in [1.82, 2.24) is 4.90 Å². The third kappa shape index (κ3) is 5.18. The Labute approximate surface area is 167 Å². The molecule has 29 heavy (non-hydrogen) atoms. The topological polar surface area (TPSA) is 73.3 Å². The number of anilines is 2. The van der Waals surface area contributed by atoms with Crippen molar-refractivity contribution in [2.75, 3.05) is 56.7 Å². The van der Waals surface area contributed by atoms with Crippen LogP contribution in [0.15, 0.2) is 18.2 Å². The minimum absolute atomic E-state index is 0.216. The van der Waals surface area contributed by atoms with Gasteiger partial charge in [0.2, 0.25) is 0 Å². The Hall–Kier alpha value is -2.33. The highest BCUT2D eigenvalue weighted by molar-refractivity contribution is 6.05. The van der Waals surface area contributed by atoms with E-state index in [1.54, 1.807) is 6.07 Å². The van der Waals surface area contributed by atoms with Gasteiger partial charge in [-0.15, -0.1) is 0 Å². The lowest BCUT2D eigenvalue weighted by atomic mass is 9.99. The Morgan fingerprint density at radius 2 is 1.76 bits per heavy atom. The third-order valence-corrected chi connectivity index (χ3v) is 4.87. The highest BCUT2D eigenvalue weighted by Gasteiger charge is 2.48. The number of nitrogens with zero attached hydrogens (tertiary/aromatic N) is 3. The van der Waals surface area contributed by atoms with Gasteiger partial charge in [-0.2, -0.15) is 13.2 Å². The zero-order valence-electron chi connectivity index (χ0n) is 16.9. The monoisotopic (exact) mass is 417 g/mol. The molecule has 1 aliphatic heterocycles. The van der Waals surface area contributed by atoms with Crippen LogP contribution in [-0.2, 0) is 9.53 Å². The number of carbonyl (C=O) groups is 2. The fourth-order valence-electron chi connectivity index (χ4n) is 3.40. The number of methoxy groups -OCH3 is 1. The Balaban J connectivity index is 2.61. The van der Waals surface area contributed by atoms with E-state index in [4.69, 9.17) is 4.74 Å². The van der Waals surface area contributed by atoms with E-state index < -0.39 is 23.6 Å². The lowest BCUT2D eigenvalue weighted by Gasteiger charge is -2.40. The first-order chi connectivity index (χ1) is 13.4. The van der Waals surface area contributed by atoms with Gasteiger partial charge in [-0.25, -0.2) is 4.79 Å². The molecular weight excluding hydrogens is 391 g/mol. The minimum Gasteiger partial charge on any atom is -0.478 e. The van der Waals surface area contributed by atoms with Crippen LogP contribution < -0.4 is 9.80 Å². The van der Waals surface area contributed by atoms with E-state index in [2.05, 4.69) is 4.90 Å². The molecule has 1 amide bonds. The lowest BCUT2D eigenvalue weighted by molar-refractivity contribution is -0.172. The van der Waals surface area contributed by atoms with E-state index in [0.29, 0.717) is 23.7 Å². The molecule has 0 radical (unpaired) electrons. The van der Waals surface area contributed by atoms with Crippen LogP contribution in [0.25, 0.3) is 0 Å². The highest BCUT2D eigenvalue weighted by atomic mass is 19.4. The van der Waals surface area contributed by atoms with E-state index >= 15 is 0 Å². The summed E-state index contributed by atoms with van der Waals surface area (Å²) in [6.45, 7) is 5.37. The van der Waals surface area contributed by atoms with Gasteiger partial charge in [-0.05, 0) is 39.1 Å². The summed E-state index contributed by atoms with van der Waals surface area (Å²) in [4.78, 5) is 28.6. The summed E-state index contributed by atoms with van der Waals surface area (Å²) < 4.78 is 45.2. The third-order valence-electron chi connectivity index (χ3n) is 4.87. The second-order valence-corrected chi connectivity index (χ2v) is 7.68. The van der Waals surface area contributed by atoms with Crippen molar-refractivity contribution in [3.8, 4) is 0 Å². The van der Waals surface area contributed by atoms with Crippen molar-refractivity contribution in [3.63, 3.8) is 0 Å². The molecule has 0 atom stereocenters. The van der Waals surface area contributed by atoms with E-state index in [0.717, 1.165) is 13.1 Å². The summed E-state index contributed by atoms with van der Waals surface area (Å²) in [5.41, 5.74) is -1.57. The zero-order chi connectivity index (χ0) is 22.0. The van der Waals surface area contributed by atoms with Gasteiger partial charge in [0.25, 0.3) is 0 Å². The van der Waals surface area contributed by atoms with Gasteiger partial charge < -0.3 is 19.6 Å². The van der Waals surface area contributed by atoms with Crippen LogP contribution in [0.5, 0.6) is 0 Å². The van der Waals surface area contributed by atoms with E-state index in [1.165, 1.54) is 33.1 Å². The fraction of sp³-hybridized carbons (Fsp3) is 0.579. The summed E-state index contributed by atoms with van der Waals surface area (Å²) in [5, 5.41) is 9.56. The predicted octanol–water partition coefficient (Wildman–Crippen LogP) is 2.46. The average molecular weight is 417 g/mol. The van der Waals surface area contributed by atoms with Crippen LogP contribution in [0.1, 0.15) is 24.2 Å². The smallest absolute Gasteiger partial charge is 0.471 e. The Morgan fingerprint density at radius 3 is 2.24 bits per heavy atom. The van der Waals surface area contributed by atoms with E-state index in [-0.39, 0.29) is 17.9 Å². The molecule has 0 aliphatic carbocycles. The van der Waals surface area contributed by atoms with Gasteiger partial charge in [-0.3, -0.25) is 9.69 Å². The first-order valence-corrected chi connectivity index (χ1v) is 9.09. The molecule has 1 fully saturated rings. The van der Waals surface area contributed by atoms with Crippen molar-refractivity contribution in [3.05, 3.63) is 23.8 Å². The maximum Gasteiger partial charge on any atom is 0.471 e. The lowest BCUT2D eigenvalue weighted by Crippen LogP contribution is -2.56. The number of benzene rings is 1. The summed E-state index contributed by atoms with van der Waals surface area (Å²) in [6.07, 6.45) is -5.18. The molecule has 1 saturated heterocycles. The number of aromatic carboxylic acids is 1. The quantitative estimate of drug-likeness (QED) is 0.767. The largest absolute Gasteiger partial charge is 0.478 e. The van der Waals surface area contributed by atoms with Crippen LogP contribution >= 0.6 is 0 Å². The van der Waals surface area contributed by atoms with Crippen LogP contribution in [0.4, 0.5) is 24.5 Å². The fourth-order valence-corrected chi connectivity index (χ4v) is 3.40. The molecule has 1 aromatic carbocycles.